The number of alkyl halides is 2. The van der Waals surface area contributed by atoms with Crippen LogP contribution in [-0.2, 0) is 13.1 Å². The predicted octanol–water partition coefficient (Wildman–Crippen LogP) is 2.27. The first kappa shape index (κ1) is 13.5. The van der Waals surface area contributed by atoms with Crippen LogP contribution in [0, 0.1) is 0 Å². The largest absolute Gasteiger partial charge is 0.434 e. The van der Waals surface area contributed by atoms with E-state index in [-0.39, 0.29) is 5.75 Å². The maximum atomic E-state index is 12.2. The van der Waals surface area contributed by atoms with E-state index < -0.39 is 6.61 Å². The zero-order valence-corrected chi connectivity index (χ0v) is 10.3. The highest BCUT2D eigenvalue weighted by molar-refractivity contribution is 5.33. The third kappa shape index (κ3) is 4.33. The summed E-state index contributed by atoms with van der Waals surface area (Å²) in [5, 5.41) is 3.18. The molecule has 0 saturated heterocycles. The van der Waals surface area contributed by atoms with E-state index >= 15 is 0 Å². The van der Waals surface area contributed by atoms with Crippen molar-refractivity contribution in [2.75, 3.05) is 6.54 Å². The van der Waals surface area contributed by atoms with Gasteiger partial charge in [-0.3, -0.25) is 0 Å². The number of nitrogens with one attached hydrogen (secondary N) is 1. The Hall–Kier alpha value is -1.95. The summed E-state index contributed by atoms with van der Waals surface area (Å²) >= 11 is 0. The first-order valence-electron chi connectivity index (χ1n) is 5.95. The van der Waals surface area contributed by atoms with Crippen molar-refractivity contribution in [3.05, 3.63) is 48.5 Å². The summed E-state index contributed by atoms with van der Waals surface area (Å²) in [6.07, 6.45) is 5.32. The standard InChI is InChI=1S/C13H15F2N3O/c14-13(15)19-12-4-2-1-3-11(12)9-16-5-7-18-8-6-17-10-18/h1-4,6,8,10,13,16H,5,7,9H2. The maximum absolute atomic E-state index is 12.2. The lowest BCUT2D eigenvalue weighted by Crippen LogP contribution is -2.19. The van der Waals surface area contributed by atoms with Gasteiger partial charge in [0.1, 0.15) is 5.75 Å². The van der Waals surface area contributed by atoms with E-state index in [4.69, 9.17) is 0 Å². The van der Waals surface area contributed by atoms with Crippen molar-refractivity contribution in [3.8, 4) is 5.75 Å². The number of ether oxygens (including phenoxy) is 1. The summed E-state index contributed by atoms with van der Waals surface area (Å²) in [5.74, 6) is 0.215. The van der Waals surface area contributed by atoms with Crippen LogP contribution < -0.4 is 10.1 Å². The maximum Gasteiger partial charge on any atom is 0.387 e. The van der Waals surface area contributed by atoms with E-state index in [2.05, 4.69) is 15.0 Å². The molecule has 0 radical (unpaired) electrons. The van der Waals surface area contributed by atoms with Crippen molar-refractivity contribution >= 4 is 0 Å². The Balaban J connectivity index is 1.82. The average molecular weight is 267 g/mol. The zero-order chi connectivity index (χ0) is 13.5. The van der Waals surface area contributed by atoms with Gasteiger partial charge in [0.25, 0.3) is 0 Å². The number of rotatable bonds is 7. The van der Waals surface area contributed by atoms with E-state index in [0.29, 0.717) is 12.1 Å². The Bertz CT molecular complexity index is 488. The highest BCUT2D eigenvalue weighted by atomic mass is 19.3. The van der Waals surface area contributed by atoms with Crippen LogP contribution in [0.4, 0.5) is 8.78 Å². The molecule has 0 bridgehead atoms. The molecule has 0 saturated carbocycles. The molecular formula is C13H15F2N3O. The quantitative estimate of drug-likeness (QED) is 0.782. The Labute approximate surface area is 110 Å². The molecule has 0 unspecified atom stereocenters. The minimum Gasteiger partial charge on any atom is -0.434 e. The molecular weight excluding hydrogens is 252 g/mol. The molecule has 4 nitrogen and oxygen atoms in total. The second-order valence-corrected chi connectivity index (χ2v) is 3.96. The minimum absolute atomic E-state index is 0.215. The van der Waals surface area contributed by atoms with Gasteiger partial charge in [0, 0.05) is 37.6 Å². The van der Waals surface area contributed by atoms with Crippen LogP contribution in [0.15, 0.2) is 43.0 Å². The highest BCUT2D eigenvalue weighted by Gasteiger charge is 2.08. The van der Waals surface area contributed by atoms with Crippen LogP contribution in [0.3, 0.4) is 0 Å². The lowest BCUT2D eigenvalue weighted by atomic mass is 10.2. The molecule has 0 aliphatic rings. The molecule has 2 rings (SSSR count). The minimum atomic E-state index is -2.80. The van der Waals surface area contributed by atoms with Gasteiger partial charge in [0.15, 0.2) is 0 Å². The van der Waals surface area contributed by atoms with Gasteiger partial charge in [-0.05, 0) is 6.07 Å². The Morgan fingerprint density at radius 3 is 2.89 bits per heavy atom. The molecule has 0 spiro atoms. The number of imidazole rings is 1. The van der Waals surface area contributed by atoms with E-state index in [1.54, 1.807) is 36.8 Å². The van der Waals surface area contributed by atoms with Crippen molar-refractivity contribution in [1.29, 1.82) is 0 Å². The molecule has 19 heavy (non-hydrogen) atoms. The molecule has 2 aromatic rings. The Morgan fingerprint density at radius 1 is 1.32 bits per heavy atom. The lowest BCUT2D eigenvalue weighted by molar-refractivity contribution is -0.0504. The first-order chi connectivity index (χ1) is 9.25. The van der Waals surface area contributed by atoms with Crippen molar-refractivity contribution in [2.45, 2.75) is 19.7 Å². The van der Waals surface area contributed by atoms with Crippen LogP contribution in [0.2, 0.25) is 0 Å². The Morgan fingerprint density at radius 2 is 2.16 bits per heavy atom. The number of benzene rings is 1. The third-order valence-corrected chi connectivity index (χ3v) is 2.61. The fourth-order valence-electron chi connectivity index (χ4n) is 1.71. The summed E-state index contributed by atoms with van der Waals surface area (Å²) in [4.78, 5) is 3.94. The molecule has 1 N–H and O–H groups in total. The third-order valence-electron chi connectivity index (χ3n) is 2.61. The van der Waals surface area contributed by atoms with Gasteiger partial charge in [-0.15, -0.1) is 0 Å². The Kier molecular flexibility index (Phi) is 4.85. The monoisotopic (exact) mass is 267 g/mol. The van der Waals surface area contributed by atoms with Crippen molar-refractivity contribution in [3.63, 3.8) is 0 Å². The molecule has 102 valence electrons. The summed E-state index contributed by atoms with van der Waals surface area (Å²) in [7, 11) is 0. The van der Waals surface area contributed by atoms with E-state index in [0.717, 1.165) is 13.1 Å². The van der Waals surface area contributed by atoms with Crippen molar-refractivity contribution < 1.29 is 13.5 Å². The number of aromatic nitrogens is 2. The molecule has 1 aromatic carbocycles. The number of hydrogen-bond donors (Lipinski definition) is 1. The van der Waals surface area contributed by atoms with Crippen LogP contribution in [0.1, 0.15) is 5.56 Å². The van der Waals surface area contributed by atoms with Gasteiger partial charge in [-0.25, -0.2) is 4.98 Å². The van der Waals surface area contributed by atoms with Crippen LogP contribution in [0.25, 0.3) is 0 Å². The SMILES string of the molecule is FC(F)Oc1ccccc1CNCCn1ccnc1. The number of halogens is 2. The van der Waals surface area contributed by atoms with Crippen LogP contribution in [-0.4, -0.2) is 22.7 Å². The summed E-state index contributed by atoms with van der Waals surface area (Å²) < 4.78 is 30.8. The predicted molar refractivity (Wildman–Crippen MR) is 67.0 cm³/mol. The second kappa shape index (κ2) is 6.84. The van der Waals surface area contributed by atoms with Crippen molar-refractivity contribution in [2.24, 2.45) is 0 Å². The van der Waals surface area contributed by atoms with E-state index in [9.17, 15) is 8.78 Å². The van der Waals surface area contributed by atoms with E-state index in [1.165, 1.54) is 0 Å². The van der Waals surface area contributed by atoms with E-state index in [1.807, 2.05) is 10.8 Å². The normalized spacial score (nSPS) is 10.9. The van der Waals surface area contributed by atoms with Crippen LogP contribution in [0.5, 0.6) is 5.75 Å². The number of para-hydroxylation sites is 1. The summed E-state index contributed by atoms with van der Waals surface area (Å²) in [5.41, 5.74) is 0.716. The van der Waals surface area contributed by atoms with Gasteiger partial charge >= 0.3 is 6.61 Å². The van der Waals surface area contributed by atoms with Crippen LogP contribution >= 0.6 is 0 Å². The molecule has 0 amide bonds. The second-order valence-electron chi connectivity index (χ2n) is 3.96. The number of hydrogen-bond acceptors (Lipinski definition) is 3. The lowest BCUT2D eigenvalue weighted by Gasteiger charge is -2.11. The zero-order valence-electron chi connectivity index (χ0n) is 10.3. The van der Waals surface area contributed by atoms with Gasteiger partial charge in [0.05, 0.1) is 6.33 Å². The average Bonchev–Trinajstić information content (AvgIpc) is 2.89. The molecule has 0 aliphatic heterocycles. The van der Waals surface area contributed by atoms with Gasteiger partial charge in [-0.2, -0.15) is 8.78 Å². The smallest absolute Gasteiger partial charge is 0.387 e. The highest BCUT2D eigenvalue weighted by Crippen LogP contribution is 2.19. The molecule has 0 fully saturated rings. The van der Waals surface area contributed by atoms with Crippen molar-refractivity contribution in [1.82, 2.24) is 14.9 Å². The molecule has 1 aromatic heterocycles. The topological polar surface area (TPSA) is 39.1 Å². The molecule has 0 atom stereocenters. The van der Waals surface area contributed by atoms with Gasteiger partial charge in [-0.1, -0.05) is 18.2 Å². The molecule has 1 heterocycles. The summed E-state index contributed by atoms with van der Waals surface area (Å²) in [6.45, 7) is -0.818. The molecule has 0 aliphatic carbocycles. The molecule has 6 heteroatoms. The fourth-order valence-corrected chi connectivity index (χ4v) is 1.71. The van der Waals surface area contributed by atoms with Gasteiger partial charge in [0.2, 0.25) is 0 Å². The fraction of sp³-hybridized carbons (Fsp3) is 0.308. The number of nitrogens with zero attached hydrogens (tertiary/aromatic N) is 2. The first-order valence-corrected chi connectivity index (χ1v) is 5.95. The van der Waals surface area contributed by atoms with Gasteiger partial charge < -0.3 is 14.6 Å². The summed E-state index contributed by atoms with van der Waals surface area (Å²) in [6, 6.07) is 6.78.